The quantitative estimate of drug-likeness (QED) is 0.799. The van der Waals surface area contributed by atoms with Gasteiger partial charge in [0, 0.05) is 18.5 Å². The van der Waals surface area contributed by atoms with Crippen molar-refractivity contribution < 1.29 is 14.6 Å². The van der Waals surface area contributed by atoms with Crippen LogP contribution in [0.25, 0.3) is 0 Å². The van der Waals surface area contributed by atoms with Gasteiger partial charge in [0.15, 0.2) is 0 Å². The summed E-state index contributed by atoms with van der Waals surface area (Å²) in [5, 5.41) is 12.8. The molecule has 0 saturated carbocycles. The Bertz CT molecular complexity index is 358. The second-order valence-corrected chi connectivity index (χ2v) is 4.15. The van der Waals surface area contributed by atoms with Gasteiger partial charge in [-0.15, -0.1) is 0 Å². The molecular formula is C11H18N2O3. The van der Waals surface area contributed by atoms with Gasteiger partial charge in [-0.3, -0.25) is 4.79 Å². The minimum absolute atomic E-state index is 0.101. The Morgan fingerprint density at radius 2 is 2.31 bits per heavy atom. The van der Waals surface area contributed by atoms with Crippen LogP contribution >= 0.6 is 0 Å². The van der Waals surface area contributed by atoms with Crippen LogP contribution in [0.1, 0.15) is 25.8 Å². The molecule has 0 atom stereocenters. The largest absolute Gasteiger partial charge is 0.481 e. The van der Waals surface area contributed by atoms with E-state index in [0.717, 1.165) is 12.1 Å². The highest BCUT2D eigenvalue weighted by molar-refractivity contribution is 5.67. The number of ether oxygens (including phenoxy) is 1. The molecule has 1 aromatic heterocycles. The number of hydrogen-bond donors (Lipinski definition) is 1. The Labute approximate surface area is 95.0 Å². The number of carbonyl (C=O) groups is 1. The van der Waals surface area contributed by atoms with Gasteiger partial charge in [0.2, 0.25) is 5.88 Å². The van der Waals surface area contributed by atoms with E-state index in [0.29, 0.717) is 18.2 Å². The fourth-order valence-electron chi connectivity index (χ4n) is 1.54. The van der Waals surface area contributed by atoms with E-state index in [1.54, 1.807) is 18.0 Å². The second-order valence-electron chi connectivity index (χ2n) is 4.15. The van der Waals surface area contributed by atoms with Crippen LogP contribution in [0.4, 0.5) is 0 Å². The first kappa shape index (κ1) is 12.5. The molecule has 1 N–H and O–H groups in total. The summed E-state index contributed by atoms with van der Waals surface area (Å²) in [4.78, 5) is 10.5. The highest BCUT2D eigenvalue weighted by Gasteiger charge is 2.13. The molecule has 1 aromatic rings. The molecule has 16 heavy (non-hydrogen) atoms. The molecule has 0 spiro atoms. The van der Waals surface area contributed by atoms with Gasteiger partial charge in [-0.05, 0) is 12.3 Å². The standard InChI is InChI=1S/C11H18N2O3/c1-8(2)7-13-11(16-3)9(6-12-13)4-5-10(14)15/h6,8H,4-5,7H2,1-3H3,(H,14,15). The topological polar surface area (TPSA) is 64.3 Å². The monoisotopic (exact) mass is 226 g/mol. The summed E-state index contributed by atoms with van der Waals surface area (Å²) < 4.78 is 7.04. The van der Waals surface area contributed by atoms with E-state index in [1.165, 1.54) is 0 Å². The highest BCUT2D eigenvalue weighted by atomic mass is 16.5. The van der Waals surface area contributed by atoms with E-state index in [-0.39, 0.29) is 6.42 Å². The third-order valence-corrected chi connectivity index (χ3v) is 2.20. The Balaban J connectivity index is 2.77. The number of carboxylic acids is 1. The van der Waals surface area contributed by atoms with Crippen molar-refractivity contribution in [1.29, 1.82) is 0 Å². The van der Waals surface area contributed by atoms with Crippen molar-refractivity contribution in [3.05, 3.63) is 11.8 Å². The second kappa shape index (κ2) is 5.53. The first-order valence-electron chi connectivity index (χ1n) is 5.35. The van der Waals surface area contributed by atoms with Crippen molar-refractivity contribution >= 4 is 5.97 Å². The summed E-state index contributed by atoms with van der Waals surface area (Å²) in [5.41, 5.74) is 0.852. The van der Waals surface area contributed by atoms with Gasteiger partial charge in [-0.25, -0.2) is 4.68 Å². The van der Waals surface area contributed by atoms with E-state index in [9.17, 15) is 4.79 Å². The van der Waals surface area contributed by atoms with Crippen molar-refractivity contribution in [3.8, 4) is 5.88 Å². The molecule has 0 radical (unpaired) electrons. The average Bonchev–Trinajstić information content (AvgIpc) is 2.56. The molecule has 0 unspecified atom stereocenters. The fraction of sp³-hybridized carbons (Fsp3) is 0.636. The summed E-state index contributed by atoms with van der Waals surface area (Å²) in [6, 6.07) is 0. The van der Waals surface area contributed by atoms with Gasteiger partial charge in [0.1, 0.15) is 0 Å². The summed E-state index contributed by atoms with van der Waals surface area (Å²) >= 11 is 0. The lowest BCUT2D eigenvalue weighted by Crippen LogP contribution is -2.08. The molecule has 0 aliphatic rings. The molecule has 5 heteroatoms. The Hall–Kier alpha value is -1.52. The van der Waals surface area contributed by atoms with Gasteiger partial charge >= 0.3 is 5.97 Å². The van der Waals surface area contributed by atoms with Gasteiger partial charge in [-0.1, -0.05) is 13.8 Å². The van der Waals surface area contributed by atoms with Crippen molar-refractivity contribution in [2.24, 2.45) is 5.92 Å². The molecule has 0 aliphatic carbocycles. The maximum absolute atomic E-state index is 10.5. The van der Waals surface area contributed by atoms with Crippen molar-refractivity contribution in [2.45, 2.75) is 33.2 Å². The van der Waals surface area contributed by atoms with E-state index < -0.39 is 5.97 Å². The van der Waals surface area contributed by atoms with E-state index in [2.05, 4.69) is 18.9 Å². The molecule has 1 rings (SSSR count). The van der Waals surface area contributed by atoms with Gasteiger partial charge in [0.25, 0.3) is 0 Å². The molecule has 0 bridgehead atoms. The number of nitrogens with zero attached hydrogens (tertiary/aromatic N) is 2. The lowest BCUT2D eigenvalue weighted by molar-refractivity contribution is -0.136. The average molecular weight is 226 g/mol. The maximum Gasteiger partial charge on any atom is 0.303 e. The zero-order valence-electron chi connectivity index (χ0n) is 9.93. The highest BCUT2D eigenvalue weighted by Crippen LogP contribution is 2.20. The maximum atomic E-state index is 10.5. The number of aromatic nitrogens is 2. The number of aliphatic carboxylic acids is 1. The molecular weight excluding hydrogens is 208 g/mol. The number of hydrogen-bond acceptors (Lipinski definition) is 3. The van der Waals surface area contributed by atoms with Crippen molar-refractivity contribution in [3.63, 3.8) is 0 Å². The number of aryl methyl sites for hydroxylation is 1. The van der Waals surface area contributed by atoms with E-state index in [1.807, 2.05) is 0 Å². The van der Waals surface area contributed by atoms with E-state index >= 15 is 0 Å². The fourth-order valence-corrected chi connectivity index (χ4v) is 1.54. The SMILES string of the molecule is COc1c(CCC(=O)O)cnn1CC(C)C. The van der Waals surface area contributed by atoms with Crippen LogP contribution in [0, 0.1) is 5.92 Å². The predicted molar refractivity (Wildman–Crippen MR) is 59.6 cm³/mol. The smallest absolute Gasteiger partial charge is 0.303 e. The Morgan fingerprint density at radius 3 is 2.81 bits per heavy atom. The van der Waals surface area contributed by atoms with E-state index in [4.69, 9.17) is 9.84 Å². The summed E-state index contributed by atoms with van der Waals surface area (Å²) in [6.45, 7) is 4.96. The summed E-state index contributed by atoms with van der Waals surface area (Å²) in [6.07, 6.45) is 2.24. The lowest BCUT2D eigenvalue weighted by atomic mass is 10.2. The minimum atomic E-state index is -0.807. The molecule has 90 valence electrons. The van der Waals surface area contributed by atoms with Crippen LogP contribution < -0.4 is 4.74 Å². The van der Waals surface area contributed by atoms with Crippen LogP contribution in [-0.2, 0) is 17.8 Å². The normalized spacial score (nSPS) is 10.8. The molecule has 0 saturated heterocycles. The van der Waals surface area contributed by atoms with Crippen LogP contribution in [0.5, 0.6) is 5.88 Å². The zero-order chi connectivity index (χ0) is 12.1. The van der Waals surface area contributed by atoms with Crippen molar-refractivity contribution in [1.82, 2.24) is 9.78 Å². The first-order chi connectivity index (χ1) is 7.54. The summed E-state index contributed by atoms with van der Waals surface area (Å²) in [7, 11) is 1.58. The van der Waals surface area contributed by atoms with Gasteiger partial charge in [0.05, 0.1) is 13.3 Å². The molecule has 0 aromatic carbocycles. The lowest BCUT2D eigenvalue weighted by Gasteiger charge is -2.09. The van der Waals surface area contributed by atoms with Crippen LogP contribution in [0.15, 0.2) is 6.20 Å². The minimum Gasteiger partial charge on any atom is -0.481 e. The van der Waals surface area contributed by atoms with Crippen LogP contribution in [0.3, 0.4) is 0 Å². The Morgan fingerprint density at radius 1 is 1.62 bits per heavy atom. The Kier molecular flexibility index (Phi) is 4.34. The molecule has 5 nitrogen and oxygen atoms in total. The van der Waals surface area contributed by atoms with Crippen LogP contribution in [0.2, 0.25) is 0 Å². The van der Waals surface area contributed by atoms with Gasteiger partial charge < -0.3 is 9.84 Å². The number of carboxylic acid groups (broad SMARTS) is 1. The first-order valence-corrected chi connectivity index (χ1v) is 5.35. The third kappa shape index (κ3) is 3.25. The number of rotatable bonds is 6. The summed E-state index contributed by atoms with van der Waals surface area (Å²) in [5.74, 6) is 0.342. The predicted octanol–water partition coefficient (Wildman–Crippen LogP) is 1.56. The van der Waals surface area contributed by atoms with Gasteiger partial charge in [-0.2, -0.15) is 5.10 Å². The molecule has 0 fully saturated rings. The number of methoxy groups -OCH3 is 1. The third-order valence-electron chi connectivity index (χ3n) is 2.20. The zero-order valence-corrected chi connectivity index (χ0v) is 9.93. The van der Waals surface area contributed by atoms with Crippen molar-refractivity contribution in [2.75, 3.05) is 7.11 Å². The van der Waals surface area contributed by atoms with Crippen LogP contribution in [-0.4, -0.2) is 28.0 Å². The molecule has 0 amide bonds. The molecule has 1 heterocycles. The molecule has 0 aliphatic heterocycles.